The van der Waals surface area contributed by atoms with Gasteiger partial charge in [0.25, 0.3) is 5.91 Å². The van der Waals surface area contributed by atoms with Crippen LogP contribution < -0.4 is 10.0 Å². The zero-order chi connectivity index (χ0) is 21.6. The fourth-order valence-electron chi connectivity index (χ4n) is 3.03. The van der Waals surface area contributed by atoms with Gasteiger partial charge in [-0.25, -0.2) is 13.1 Å². The molecule has 1 amide bonds. The fraction of sp³-hybridized carbons (Fsp3) is 0.286. The van der Waals surface area contributed by atoms with Crippen LogP contribution in [-0.2, 0) is 26.0 Å². The highest BCUT2D eigenvalue weighted by Crippen LogP contribution is 2.21. The van der Waals surface area contributed by atoms with Crippen LogP contribution in [0.4, 0.5) is 5.69 Å². The predicted molar refractivity (Wildman–Crippen MR) is 115 cm³/mol. The molecule has 0 aliphatic rings. The van der Waals surface area contributed by atoms with E-state index in [1.807, 2.05) is 30.5 Å². The molecule has 0 aliphatic carbocycles. The number of nitrogens with one attached hydrogen (secondary N) is 2. The molecule has 0 fully saturated rings. The number of carbonyl (C=O) groups excluding carboxylic acids is 1. The van der Waals surface area contributed by atoms with E-state index in [1.165, 1.54) is 19.2 Å². The van der Waals surface area contributed by atoms with Gasteiger partial charge in [0.05, 0.1) is 18.1 Å². The quantitative estimate of drug-likeness (QED) is 0.481. The van der Waals surface area contributed by atoms with Gasteiger partial charge in [0, 0.05) is 55.7 Å². The van der Waals surface area contributed by atoms with Gasteiger partial charge in [-0.3, -0.25) is 4.79 Å². The third-order valence-electron chi connectivity index (χ3n) is 4.57. The topological polar surface area (TPSA) is 98.7 Å². The average Bonchev–Trinajstić information content (AvgIpc) is 3.14. The van der Waals surface area contributed by atoms with E-state index in [0.717, 1.165) is 17.4 Å². The second-order valence-electron chi connectivity index (χ2n) is 6.65. The first kappa shape index (κ1) is 22.0. The molecule has 1 aromatic heterocycles. The summed E-state index contributed by atoms with van der Waals surface area (Å²) in [4.78, 5) is 12.7. The zero-order valence-electron chi connectivity index (χ0n) is 16.9. The minimum atomic E-state index is -3.72. The number of fused-ring (bicyclic) bond motifs is 1. The predicted octanol–water partition coefficient (Wildman–Crippen LogP) is 2.46. The van der Waals surface area contributed by atoms with Gasteiger partial charge < -0.3 is 19.4 Å². The van der Waals surface area contributed by atoms with Gasteiger partial charge in [-0.1, -0.05) is 6.07 Å². The van der Waals surface area contributed by atoms with Gasteiger partial charge in [-0.2, -0.15) is 0 Å². The van der Waals surface area contributed by atoms with E-state index in [2.05, 4.69) is 14.6 Å². The largest absolute Gasteiger partial charge is 0.383 e. The summed E-state index contributed by atoms with van der Waals surface area (Å²) >= 11 is 0. The van der Waals surface area contributed by atoms with Crippen molar-refractivity contribution in [2.45, 2.75) is 11.4 Å². The van der Waals surface area contributed by atoms with E-state index in [4.69, 9.17) is 9.47 Å². The molecule has 0 bridgehead atoms. The van der Waals surface area contributed by atoms with Gasteiger partial charge >= 0.3 is 0 Å². The highest BCUT2D eigenvalue weighted by atomic mass is 32.2. The second kappa shape index (κ2) is 9.86. The highest BCUT2D eigenvalue weighted by Gasteiger charge is 2.16. The summed E-state index contributed by atoms with van der Waals surface area (Å²) < 4.78 is 39.2. The lowest BCUT2D eigenvalue weighted by Crippen LogP contribution is -2.27. The third kappa shape index (κ3) is 5.25. The summed E-state index contributed by atoms with van der Waals surface area (Å²) in [7, 11) is -0.565. The molecule has 0 aliphatic heterocycles. The minimum Gasteiger partial charge on any atom is -0.383 e. The minimum absolute atomic E-state index is 0.0249. The molecule has 0 saturated heterocycles. The van der Waals surface area contributed by atoms with Crippen molar-refractivity contribution in [1.82, 2.24) is 9.29 Å². The molecule has 3 aromatic rings. The van der Waals surface area contributed by atoms with E-state index >= 15 is 0 Å². The van der Waals surface area contributed by atoms with Crippen molar-refractivity contribution in [1.29, 1.82) is 0 Å². The lowest BCUT2D eigenvalue weighted by Gasteiger charge is -2.10. The zero-order valence-corrected chi connectivity index (χ0v) is 17.7. The van der Waals surface area contributed by atoms with Crippen molar-refractivity contribution >= 4 is 32.5 Å². The normalized spacial score (nSPS) is 11.7. The molecule has 30 heavy (non-hydrogen) atoms. The molecule has 160 valence electrons. The average molecular weight is 432 g/mol. The lowest BCUT2D eigenvalue weighted by atomic mass is 10.2. The van der Waals surface area contributed by atoms with E-state index < -0.39 is 10.0 Å². The summed E-state index contributed by atoms with van der Waals surface area (Å²) in [5.74, 6) is -0.387. The Hall–Kier alpha value is -2.72. The first-order valence-electron chi connectivity index (χ1n) is 9.42. The van der Waals surface area contributed by atoms with E-state index in [9.17, 15) is 13.2 Å². The molecule has 9 heteroatoms. The number of benzene rings is 2. The monoisotopic (exact) mass is 431 g/mol. The van der Waals surface area contributed by atoms with E-state index in [0.29, 0.717) is 12.3 Å². The number of hydrogen-bond donors (Lipinski definition) is 2. The highest BCUT2D eigenvalue weighted by molar-refractivity contribution is 7.89. The second-order valence-corrected chi connectivity index (χ2v) is 8.42. The SMILES string of the molecule is COCCNS(=O)(=O)c1cccc(C(=O)Nc2ccc3c(ccn3CCOC)c2)c1. The molecule has 1 heterocycles. The standard InChI is InChI=1S/C21H25N3O5S/c1-28-12-9-22-30(26,27)19-5-3-4-17(15-19)21(25)23-18-6-7-20-16(14-18)8-10-24(20)11-13-29-2/h3-8,10,14-15,22H,9,11-13H2,1-2H3,(H,23,25). The van der Waals surface area contributed by atoms with Crippen LogP contribution >= 0.6 is 0 Å². The van der Waals surface area contributed by atoms with Crippen LogP contribution in [0.1, 0.15) is 10.4 Å². The molecule has 0 atom stereocenters. The number of amides is 1. The number of sulfonamides is 1. The first-order chi connectivity index (χ1) is 14.4. The van der Waals surface area contributed by atoms with Crippen LogP contribution in [0.25, 0.3) is 10.9 Å². The molecular formula is C21H25N3O5S. The van der Waals surface area contributed by atoms with Gasteiger partial charge in [-0.05, 0) is 42.5 Å². The summed E-state index contributed by atoms with van der Waals surface area (Å²) in [5, 5.41) is 3.81. The fourth-order valence-corrected chi connectivity index (χ4v) is 4.09. The molecule has 2 N–H and O–H groups in total. The van der Waals surface area contributed by atoms with Crippen molar-refractivity contribution in [3.05, 3.63) is 60.3 Å². The Morgan fingerprint density at radius 3 is 2.60 bits per heavy atom. The number of nitrogens with zero attached hydrogens (tertiary/aromatic N) is 1. The van der Waals surface area contributed by atoms with Crippen LogP contribution in [0.15, 0.2) is 59.6 Å². The van der Waals surface area contributed by atoms with Crippen molar-refractivity contribution in [3.63, 3.8) is 0 Å². The molecule has 0 saturated carbocycles. The van der Waals surface area contributed by atoms with Gasteiger partial charge in [0.1, 0.15) is 0 Å². The Morgan fingerprint density at radius 2 is 1.83 bits per heavy atom. The molecule has 0 radical (unpaired) electrons. The number of anilines is 1. The number of hydrogen-bond acceptors (Lipinski definition) is 5. The summed E-state index contributed by atoms with van der Waals surface area (Å²) in [6, 6.07) is 13.5. The molecule has 0 unspecified atom stereocenters. The Bertz CT molecular complexity index is 1120. The summed E-state index contributed by atoms with van der Waals surface area (Å²) in [6.45, 7) is 1.77. The summed E-state index contributed by atoms with van der Waals surface area (Å²) in [5.41, 5.74) is 1.92. The number of ether oxygens (including phenoxy) is 2. The maximum Gasteiger partial charge on any atom is 0.255 e. The number of methoxy groups -OCH3 is 2. The van der Waals surface area contributed by atoms with Gasteiger partial charge in [-0.15, -0.1) is 0 Å². The molecule has 0 spiro atoms. The lowest BCUT2D eigenvalue weighted by molar-refractivity contribution is 0.102. The molecule has 3 rings (SSSR count). The van der Waals surface area contributed by atoms with Crippen molar-refractivity contribution in [2.75, 3.05) is 39.3 Å². The van der Waals surface area contributed by atoms with Gasteiger partial charge in [0.2, 0.25) is 10.0 Å². The van der Waals surface area contributed by atoms with Crippen LogP contribution in [0.3, 0.4) is 0 Å². The van der Waals surface area contributed by atoms with E-state index in [1.54, 1.807) is 19.2 Å². The molecule has 8 nitrogen and oxygen atoms in total. The molecular weight excluding hydrogens is 406 g/mol. The Morgan fingerprint density at radius 1 is 1.03 bits per heavy atom. The number of rotatable bonds is 10. The Labute approximate surface area is 175 Å². The Balaban J connectivity index is 1.74. The van der Waals surface area contributed by atoms with Gasteiger partial charge in [0.15, 0.2) is 0 Å². The van der Waals surface area contributed by atoms with Crippen LogP contribution in [0.5, 0.6) is 0 Å². The van der Waals surface area contributed by atoms with Crippen LogP contribution in [0.2, 0.25) is 0 Å². The van der Waals surface area contributed by atoms with Crippen molar-refractivity contribution < 1.29 is 22.7 Å². The van der Waals surface area contributed by atoms with Crippen LogP contribution in [0, 0.1) is 0 Å². The number of aromatic nitrogens is 1. The maximum absolute atomic E-state index is 12.7. The summed E-state index contributed by atoms with van der Waals surface area (Å²) in [6.07, 6.45) is 1.97. The van der Waals surface area contributed by atoms with Crippen molar-refractivity contribution in [2.24, 2.45) is 0 Å². The first-order valence-corrected chi connectivity index (χ1v) is 10.9. The maximum atomic E-state index is 12.7. The Kier molecular flexibility index (Phi) is 7.22. The number of carbonyl (C=O) groups is 1. The van der Waals surface area contributed by atoms with Crippen molar-refractivity contribution in [3.8, 4) is 0 Å². The third-order valence-corrected chi connectivity index (χ3v) is 6.03. The van der Waals surface area contributed by atoms with Crippen LogP contribution in [-0.4, -0.2) is 52.9 Å². The van der Waals surface area contributed by atoms with E-state index in [-0.39, 0.29) is 29.5 Å². The molecule has 2 aromatic carbocycles. The smallest absolute Gasteiger partial charge is 0.255 e.